The molecule has 2 aromatic rings. The number of aliphatic hydroxyl groups is 1. The van der Waals surface area contributed by atoms with Crippen LogP contribution in [-0.2, 0) is 6.54 Å². The lowest BCUT2D eigenvalue weighted by Crippen LogP contribution is -2.22. The number of rotatable bonds is 3. The molecule has 2 rings (SSSR count). The van der Waals surface area contributed by atoms with E-state index in [1.54, 1.807) is 18.2 Å². The highest BCUT2D eigenvalue weighted by Gasteiger charge is 2.05. The molecule has 0 aliphatic carbocycles. The summed E-state index contributed by atoms with van der Waals surface area (Å²) >= 11 is 11.0. The summed E-state index contributed by atoms with van der Waals surface area (Å²) in [7, 11) is 0. The van der Waals surface area contributed by atoms with Gasteiger partial charge in [-0.05, 0) is 36.8 Å². The number of benzene rings is 1. The molecule has 1 heterocycles. The van der Waals surface area contributed by atoms with Gasteiger partial charge < -0.3 is 10.1 Å². The number of H-pyrrole nitrogens is 1. The molecule has 0 fully saturated rings. The number of hydrogen-bond donors (Lipinski definition) is 2. The van der Waals surface area contributed by atoms with Crippen LogP contribution in [0, 0.1) is 4.77 Å². The molecule has 0 aliphatic heterocycles. The summed E-state index contributed by atoms with van der Waals surface area (Å²) in [4.78, 5) is 15.1. The maximum Gasteiger partial charge on any atom is 0.262 e. The van der Waals surface area contributed by atoms with E-state index >= 15 is 0 Å². The molecule has 0 radical (unpaired) electrons. The third-order valence-electron chi connectivity index (χ3n) is 2.48. The topological polar surface area (TPSA) is 58.0 Å². The van der Waals surface area contributed by atoms with Crippen molar-refractivity contribution < 1.29 is 5.11 Å². The standard InChI is InChI=1S/C11H11ClN2O2S/c12-7-2-3-9-8(6-7)10(16)14(4-1-5-15)11(17)13-9/h2-3,6,15H,1,4-5H2,(H,13,17). The first kappa shape index (κ1) is 12.3. The van der Waals surface area contributed by atoms with E-state index in [4.69, 9.17) is 28.9 Å². The van der Waals surface area contributed by atoms with E-state index < -0.39 is 0 Å². The number of nitrogens with zero attached hydrogens (tertiary/aromatic N) is 1. The fraction of sp³-hybridized carbons (Fsp3) is 0.273. The first-order valence-electron chi connectivity index (χ1n) is 5.16. The number of aromatic amines is 1. The summed E-state index contributed by atoms with van der Waals surface area (Å²) in [6, 6.07) is 5.04. The lowest BCUT2D eigenvalue weighted by atomic mass is 10.2. The third-order valence-corrected chi connectivity index (χ3v) is 3.04. The van der Waals surface area contributed by atoms with Crippen LogP contribution >= 0.6 is 23.8 Å². The molecule has 4 nitrogen and oxygen atoms in total. The molecule has 0 saturated heterocycles. The lowest BCUT2D eigenvalue weighted by Gasteiger charge is -2.07. The van der Waals surface area contributed by atoms with Crippen molar-refractivity contribution in [2.24, 2.45) is 0 Å². The Bertz CT molecular complexity index is 663. The van der Waals surface area contributed by atoms with Crippen molar-refractivity contribution >= 4 is 34.7 Å². The van der Waals surface area contributed by atoms with Crippen LogP contribution < -0.4 is 5.56 Å². The minimum atomic E-state index is -0.181. The van der Waals surface area contributed by atoms with E-state index in [1.165, 1.54) is 4.57 Å². The molecular formula is C11H11ClN2O2S. The van der Waals surface area contributed by atoms with Crippen LogP contribution in [0.15, 0.2) is 23.0 Å². The van der Waals surface area contributed by atoms with Gasteiger partial charge in [0.05, 0.1) is 10.9 Å². The Morgan fingerprint density at radius 2 is 2.24 bits per heavy atom. The Hall–Kier alpha value is -1.17. The van der Waals surface area contributed by atoms with Crippen LogP contribution in [0.25, 0.3) is 10.9 Å². The van der Waals surface area contributed by atoms with E-state index in [0.717, 1.165) is 0 Å². The van der Waals surface area contributed by atoms with Crippen LogP contribution in [0.1, 0.15) is 6.42 Å². The average Bonchev–Trinajstić information content (AvgIpc) is 2.30. The fourth-order valence-electron chi connectivity index (χ4n) is 1.65. The van der Waals surface area contributed by atoms with Crippen LogP contribution in [0.2, 0.25) is 5.02 Å². The summed E-state index contributed by atoms with van der Waals surface area (Å²) in [5.41, 5.74) is 0.490. The predicted molar refractivity (Wildman–Crippen MR) is 70.1 cm³/mol. The van der Waals surface area contributed by atoms with Crippen LogP contribution in [-0.4, -0.2) is 21.3 Å². The van der Waals surface area contributed by atoms with E-state index in [2.05, 4.69) is 4.98 Å². The van der Waals surface area contributed by atoms with E-state index in [1.807, 2.05) is 0 Å². The number of halogens is 1. The third kappa shape index (κ3) is 2.41. The molecule has 1 aromatic carbocycles. The van der Waals surface area contributed by atoms with Gasteiger partial charge >= 0.3 is 0 Å². The summed E-state index contributed by atoms with van der Waals surface area (Å²) in [5, 5.41) is 9.80. The lowest BCUT2D eigenvalue weighted by molar-refractivity contribution is 0.278. The first-order chi connectivity index (χ1) is 8.13. The van der Waals surface area contributed by atoms with E-state index in [0.29, 0.717) is 33.7 Å². The van der Waals surface area contributed by atoms with Gasteiger partial charge in [0.15, 0.2) is 4.77 Å². The number of fused-ring (bicyclic) bond motifs is 1. The molecule has 0 spiro atoms. The largest absolute Gasteiger partial charge is 0.396 e. The molecule has 0 aliphatic rings. The Morgan fingerprint density at radius 3 is 2.94 bits per heavy atom. The molecule has 0 saturated carbocycles. The van der Waals surface area contributed by atoms with Gasteiger partial charge in [0.1, 0.15) is 0 Å². The smallest absolute Gasteiger partial charge is 0.262 e. The molecule has 0 bridgehead atoms. The number of aliphatic hydroxyl groups excluding tert-OH is 1. The molecule has 0 atom stereocenters. The van der Waals surface area contributed by atoms with Gasteiger partial charge in [0.25, 0.3) is 5.56 Å². The second kappa shape index (κ2) is 5.00. The molecule has 6 heteroatoms. The van der Waals surface area contributed by atoms with Gasteiger partial charge in [-0.1, -0.05) is 11.6 Å². The van der Waals surface area contributed by atoms with Crippen molar-refractivity contribution in [1.29, 1.82) is 0 Å². The number of nitrogens with one attached hydrogen (secondary N) is 1. The predicted octanol–water partition coefficient (Wildman–Crippen LogP) is 2.09. The SMILES string of the molecule is O=c1c2cc(Cl)ccc2[nH]c(=S)n1CCCO. The van der Waals surface area contributed by atoms with Gasteiger partial charge in [-0.15, -0.1) is 0 Å². The zero-order valence-electron chi connectivity index (χ0n) is 8.94. The second-order valence-electron chi connectivity index (χ2n) is 3.65. The number of aromatic nitrogens is 2. The fourth-order valence-corrected chi connectivity index (χ4v) is 2.11. The van der Waals surface area contributed by atoms with Crippen LogP contribution in [0.3, 0.4) is 0 Å². The summed E-state index contributed by atoms with van der Waals surface area (Å²) in [6.07, 6.45) is 0.490. The zero-order chi connectivity index (χ0) is 12.4. The van der Waals surface area contributed by atoms with Crippen molar-refractivity contribution in [2.75, 3.05) is 6.61 Å². The monoisotopic (exact) mass is 270 g/mol. The molecule has 90 valence electrons. The van der Waals surface area contributed by atoms with Crippen LogP contribution in [0.5, 0.6) is 0 Å². The molecule has 17 heavy (non-hydrogen) atoms. The number of hydrogen-bond acceptors (Lipinski definition) is 3. The summed E-state index contributed by atoms with van der Waals surface area (Å²) < 4.78 is 1.79. The van der Waals surface area contributed by atoms with Crippen molar-refractivity contribution in [1.82, 2.24) is 9.55 Å². The maximum atomic E-state index is 12.1. The van der Waals surface area contributed by atoms with Gasteiger partial charge in [-0.2, -0.15) is 0 Å². The molecular weight excluding hydrogens is 260 g/mol. The summed E-state index contributed by atoms with van der Waals surface area (Å²) in [5.74, 6) is 0. The van der Waals surface area contributed by atoms with Gasteiger partial charge in [-0.3, -0.25) is 9.36 Å². The summed E-state index contributed by atoms with van der Waals surface area (Å²) in [6.45, 7) is 0.419. The Balaban J connectivity index is 2.69. The second-order valence-corrected chi connectivity index (χ2v) is 4.48. The van der Waals surface area contributed by atoms with Gasteiger partial charge in [-0.25, -0.2) is 0 Å². The molecule has 0 unspecified atom stereocenters. The quantitative estimate of drug-likeness (QED) is 0.840. The van der Waals surface area contributed by atoms with Crippen molar-refractivity contribution in [3.63, 3.8) is 0 Å². The van der Waals surface area contributed by atoms with E-state index in [-0.39, 0.29) is 12.2 Å². The van der Waals surface area contributed by atoms with Crippen molar-refractivity contribution in [3.8, 4) is 0 Å². The minimum Gasteiger partial charge on any atom is -0.396 e. The van der Waals surface area contributed by atoms with Crippen LogP contribution in [0.4, 0.5) is 0 Å². The Kier molecular flexibility index (Phi) is 3.61. The first-order valence-corrected chi connectivity index (χ1v) is 5.95. The van der Waals surface area contributed by atoms with Gasteiger partial charge in [0.2, 0.25) is 0 Å². The van der Waals surface area contributed by atoms with Crippen molar-refractivity contribution in [2.45, 2.75) is 13.0 Å². The zero-order valence-corrected chi connectivity index (χ0v) is 10.5. The van der Waals surface area contributed by atoms with Crippen molar-refractivity contribution in [3.05, 3.63) is 38.3 Å². The minimum absolute atomic E-state index is 0.0226. The molecule has 2 N–H and O–H groups in total. The Morgan fingerprint density at radius 1 is 1.47 bits per heavy atom. The Labute approximate surface area is 107 Å². The van der Waals surface area contributed by atoms with Gasteiger partial charge in [0, 0.05) is 18.2 Å². The normalized spacial score (nSPS) is 10.9. The average molecular weight is 271 g/mol. The highest BCUT2D eigenvalue weighted by Crippen LogP contribution is 2.14. The van der Waals surface area contributed by atoms with E-state index in [9.17, 15) is 4.79 Å². The molecule has 0 amide bonds. The maximum absolute atomic E-state index is 12.1. The molecule has 1 aromatic heterocycles. The highest BCUT2D eigenvalue weighted by molar-refractivity contribution is 7.71. The highest BCUT2D eigenvalue weighted by atomic mass is 35.5.